The maximum atomic E-state index is 12.3. The fourth-order valence-corrected chi connectivity index (χ4v) is 3.21. The Bertz CT molecular complexity index is 894. The molecule has 0 radical (unpaired) electrons. The number of carbonyl (C=O) groups is 2. The Morgan fingerprint density at radius 3 is 2.59 bits per heavy atom. The van der Waals surface area contributed by atoms with E-state index in [4.69, 9.17) is 23.2 Å². The first-order valence-corrected chi connectivity index (χ1v) is 9.39. The Morgan fingerprint density at radius 1 is 1.19 bits per heavy atom. The van der Waals surface area contributed by atoms with E-state index in [1.165, 1.54) is 0 Å². The SMILES string of the molecule is O=C(NCCN1CCN(C(=O)C(Cl)Cl)CC1)c1nc2ccccc2c(=O)[nH]1. The van der Waals surface area contributed by atoms with E-state index >= 15 is 0 Å². The van der Waals surface area contributed by atoms with Crippen molar-refractivity contribution < 1.29 is 9.59 Å². The fraction of sp³-hybridized carbons (Fsp3) is 0.412. The van der Waals surface area contributed by atoms with E-state index in [2.05, 4.69) is 20.2 Å². The summed E-state index contributed by atoms with van der Waals surface area (Å²) in [6.07, 6.45) is 0. The molecule has 1 saturated heterocycles. The van der Waals surface area contributed by atoms with Crippen molar-refractivity contribution in [1.29, 1.82) is 0 Å². The molecule has 3 rings (SSSR count). The first-order valence-electron chi connectivity index (χ1n) is 8.52. The molecule has 1 fully saturated rings. The maximum Gasteiger partial charge on any atom is 0.287 e. The summed E-state index contributed by atoms with van der Waals surface area (Å²) < 4.78 is 0. The highest BCUT2D eigenvalue weighted by molar-refractivity contribution is 6.53. The summed E-state index contributed by atoms with van der Waals surface area (Å²) in [5.74, 6) is -0.721. The lowest BCUT2D eigenvalue weighted by Gasteiger charge is -2.34. The van der Waals surface area contributed by atoms with Gasteiger partial charge in [-0.1, -0.05) is 35.3 Å². The zero-order valence-electron chi connectivity index (χ0n) is 14.5. The molecule has 144 valence electrons. The molecule has 2 N–H and O–H groups in total. The largest absolute Gasteiger partial charge is 0.348 e. The molecule has 0 spiro atoms. The molecule has 2 amide bonds. The van der Waals surface area contributed by atoms with Gasteiger partial charge in [-0.2, -0.15) is 0 Å². The molecule has 10 heteroatoms. The van der Waals surface area contributed by atoms with Crippen LogP contribution in [0.1, 0.15) is 10.6 Å². The molecule has 0 atom stereocenters. The van der Waals surface area contributed by atoms with Crippen LogP contribution in [0.5, 0.6) is 0 Å². The van der Waals surface area contributed by atoms with E-state index in [9.17, 15) is 14.4 Å². The van der Waals surface area contributed by atoms with Gasteiger partial charge in [0.1, 0.15) is 0 Å². The van der Waals surface area contributed by atoms with Gasteiger partial charge in [0.15, 0.2) is 10.7 Å². The summed E-state index contributed by atoms with van der Waals surface area (Å²) in [6, 6.07) is 6.85. The average Bonchev–Trinajstić information content (AvgIpc) is 2.67. The Hall–Kier alpha value is -2.16. The average molecular weight is 412 g/mol. The number of hydrogen-bond donors (Lipinski definition) is 2. The van der Waals surface area contributed by atoms with Crippen molar-refractivity contribution >= 4 is 45.9 Å². The van der Waals surface area contributed by atoms with Crippen LogP contribution >= 0.6 is 23.2 Å². The Balaban J connectivity index is 1.49. The third-order valence-corrected chi connectivity index (χ3v) is 4.79. The number of amides is 2. The van der Waals surface area contributed by atoms with Crippen LogP contribution in [0.25, 0.3) is 10.9 Å². The van der Waals surface area contributed by atoms with Crippen LogP contribution in [0.4, 0.5) is 0 Å². The first-order chi connectivity index (χ1) is 13.0. The quantitative estimate of drug-likeness (QED) is 0.701. The number of alkyl halides is 2. The Kier molecular flexibility index (Phi) is 6.30. The number of benzene rings is 1. The van der Waals surface area contributed by atoms with Gasteiger partial charge in [-0.3, -0.25) is 19.3 Å². The van der Waals surface area contributed by atoms with E-state index in [1.54, 1.807) is 29.2 Å². The number of hydrogen-bond acceptors (Lipinski definition) is 5. The topological polar surface area (TPSA) is 98.4 Å². The van der Waals surface area contributed by atoms with Crippen molar-refractivity contribution in [2.75, 3.05) is 39.3 Å². The molecule has 1 aliphatic heterocycles. The summed E-state index contributed by atoms with van der Waals surface area (Å²) >= 11 is 11.2. The number of H-pyrrole nitrogens is 1. The van der Waals surface area contributed by atoms with Gasteiger partial charge in [0.25, 0.3) is 17.4 Å². The molecule has 1 aromatic carbocycles. The van der Waals surface area contributed by atoms with Crippen LogP contribution in [0.2, 0.25) is 0 Å². The van der Waals surface area contributed by atoms with Crippen molar-refractivity contribution in [3.05, 3.63) is 40.4 Å². The predicted molar refractivity (Wildman–Crippen MR) is 103 cm³/mol. The number of fused-ring (bicyclic) bond motifs is 1. The summed E-state index contributed by atoms with van der Waals surface area (Å²) in [5, 5.41) is 3.20. The second-order valence-corrected chi connectivity index (χ2v) is 7.25. The Morgan fingerprint density at radius 2 is 1.89 bits per heavy atom. The second-order valence-electron chi connectivity index (χ2n) is 6.16. The molecular weight excluding hydrogens is 393 g/mol. The minimum Gasteiger partial charge on any atom is -0.348 e. The van der Waals surface area contributed by atoms with Crippen molar-refractivity contribution in [2.45, 2.75) is 4.84 Å². The molecular formula is C17H19Cl2N5O3. The first kappa shape index (κ1) is 19.6. The lowest BCUT2D eigenvalue weighted by atomic mass is 10.2. The smallest absolute Gasteiger partial charge is 0.287 e. The number of rotatable bonds is 5. The van der Waals surface area contributed by atoms with Gasteiger partial charge in [-0.25, -0.2) is 4.98 Å². The molecule has 2 aromatic rings. The number of aromatic amines is 1. The minimum atomic E-state index is -1.03. The summed E-state index contributed by atoms with van der Waals surface area (Å²) in [6.45, 7) is 3.46. The number of carbonyl (C=O) groups excluding carboxylic acids is 2. The lowest BCUT2D eigenvalue weighted by Crippen LogP contribution is -2.51. The highest BCUT2D eigenvalue weighted by Gasteiger charge is 2.24. The molecule has 1 aromatic heterocycles. The van der Waals surface area contributed by atoms with Crippen LogP contribution in [-0.2, 0) is 4.79 Å². The third-order valence-electron chi connectivity index (χ3n) is 4.41. The van der Waals surface area contributed by atoms with Gasteiger partial charge in [-0.05, 0) is 12.1 Å². The molecule has 2 heterocycles. The molecule has 0 bridgehead atoms. The molecule has 27 heavy (non-hydrogen) atoms. The number of para-hydroxylation sites is 1. The van der Waals surface area contributed by atoms with Crippen LogP contribution in [0.3, 0.4) is 0 Å². The summed E-state index contributed by atoms with van der Waals surface area (Å²) in [7, 11) is 0. The highest BCUT2D eigenvalue weighted by atomic mass is 35.5. The second kappa shape index (κ2) is 8.69. The van der Waals surface area contributed by atoms with Crippen LogP contribution in [-0.4, -0.2) is 75.7 Å². The molecule has 8 nitrogen and oxygen atoms in total. The maximum absolute atomic E-state index is 12.3. The van der Waals surface area contributed by atoms with Gasteiger partial charge in [0.05, 0.1) is 10.9 Å². The van der Waals surface area contributed by atoms with Crippen molar-refractivity contribution in [1.82, 2.24) is 25.1 Å². The van der Waals surface area contributed by atoms with Crippen molar-refractivity contribution in [2.24, 2.45) is 0 Å². The van der Waals surface area contributed by atoms with E-state index in [1.807, 2.05) is 0 Å². The third kappa shape index (κ3) is 4.77. The number of nitrogens with one attached hydrogen (secondary N) is 2. The van der Waals surface area contributed by atoms with Gasteiger partial charge in [0.2, 0.25) is 0 Å². The monoisotopic (exact) mass is 411 g/mol. The number of aromatic nitrogens is 2. The minimum absolute atomic E-state index is 0.00983. The van der Waals surface area contributed by atoms with Gasteiger partial charge < -0.3 is 15.2 Å². The van der Waals surface area contributed by atoms with E-state index < -0.39 is 10.7 Å². The Labute approximate surface area is 165 Å². The predicted octanol–water partition coefficient (Wildman–Crippen LogP) is 0.601. The van der Waals surface area contributed by atoms with Gasteiger partial charge >= 0.3 is 0 Å². The zero-order chi connectivity index (χ0) is 19.4. The van der Waals surface area contributed by atoms with Crippen LogP contribution < -0.4 is 10.9 Å². The summed E-state index contributed by atoms with van der Waals surface area (Å²) in [4.78, 5) is 45.4. The van der Waals surface area contributed by atoms with Crippen LogP contribution in [0, 0.1) is 0 Å². The fourth-order valence-electron chi connectivity index (χ4n) is 2.94. The van der Waals surface area contributed by atoms with Gasteiger partial charge in [-0.15, -0.1) is 0 Å². The normalized spacial score (nSPS) is 15.3. The molecule has 0 saturated carbocycles. The summed E-state index contributed by atoms with van der Waals surface area (Å²) in [5.41, 5.74) is 0.132. The van der Waals surface area contributed by atoms with Gasteiger partial charge in [0, 0.05) is 39.3 Å². The number of piperazine rings is 1. The van der Waals surface area contributed by atoms with E-state index in [0.717, 1.165) is 0 Å². The zero-order valence-corrected chi connectivity index (χ0v) is 16.0. The van der Waals surface area contributed by atoms with Crippen LogP contribution in [0.15, 0.2) is 29.1 Å². The van der Waals surface area contributed by atoms with E-state index in [0.29, 0.717) is 50.2 Å². The van der Waals surface area contributed by atoms with E-state index in [-0.39, 0.29) is 17.3 Å². The number of nitrogens with zero attached hydrogens (tertiary/aromatic N) is 3. The molecule has 0 unspecified atom stereocenters. The highest BCUT2D eigenvalue weighted by Crippen LogP contribution is 2.10. The molecule has 0 aliphatic carbocycles. The van der Waals surface area contributed by atoms with Crippen molar-refractivity contribution in [3.8, 4) is 0 Å². The number of halogens is 2. The standard InChI is InChI=1S/C17H19Cl2N5O3/c18-13(19)17(27)24-9-7-23(8-10-24)6-5-20-16(26)14-21-12-4-2-1-3-11(12)15(25)22-14/h1-4,13H,5-10H2,(H,20,26)(H,21,22,25). The lowest BCUT2D eigenvalue weighted by molar-refractivity contribution is -0.131. The van der Waals surface area contributed by atoms with Crippen molar-refractivity contribution in [3.63, 3.8) is 0 Å². The molecule has 1 aliphatic rings.